The highest BCUT2D eigenvalue weighted by atomic mass is 32.1. The highest BCUT2D eigenvalue weighted by Gasteiger charge is 2.38. The lowest BCUT2D eigenvalue weighted by Crippen LogP contribution is -2.36. The number of anilines is 2. The van der Waals surface area contributed by atoms with Crippen LogP contribution in [0.15, 0.2) is 53.3 Å². The Bertz CT molecular complexity index is 1210. The van der Waals surface area contributed by atoms with Crippen LogP contribution in [0.2, 0.25) is 0 Å². The molecule has 0 spiro atoms. The molecule has 1 atom stereocenters. The maximum atomic E-state index is 13.4. The van der Waals surface area contributed by atoms with Crippen LogP contribution in [0.1, 0.15) is 22.8 Å². The number of carbonyl (C=O) groups excluding carboxylic acids is 2. The van der Waals surface area contributed by atoms with Gasteiger partial charge >= 0.3 is 10.8 Å². The van der Waals surface area contributed by atoms with Crippen LogP contribution >= 0.6 is 11.3 Å². The largest absolute Gasteiger partial charge is 0.497 e. The lowest BCUT2D eigenvalue weighted by atomic mass is 9.90. The van der Waals surface area contributed by atoms with E-state index in [1.807, 2.05) is 24.3 Å². The molecule has 1 aliphatic heterocycles. The first-order chi connectivity index (χ1) is 15.5. The molecule has 8 nitrogen and oxygen atoms in total. The van der Waals surface area contributed by atoms with Gasteiger partial charge in [0.05, 0.1) is 31.9 Å². The van der Waals surface area contributed by atoms with Crippen molar-refractivity contribution in [3.8, 4) is 11.5 Å². The molecule has 0 saturated carbocycles. The summed E-state index contributed by atoms with van der Waals surface area (Å²) in [5, 5.41) is 0. The molecule has 1 aromatic heterocycles. The van der Waals surface area contributed by atoms with Crippen LogP contribution in [0.25, 0.3) is 0 Å². The molecule has 3 aromatic rings. The third kappa shape index (κ3) is 3.87. The third-order valence-corrected chi connectivity index (χ3v) is 6.47. The molecular formula is C23H22N2O6S. The van der Waals surface area contributed by atoms with E-state index in [0.717, 1.165) is 16.9 Å². The van der Waals surface area contributed by atoms with E-state index in [9.17, 15) is 14.4 Å². The first kappa shape index (κ1) is 21.6. The molecule has 0 aliphatic carbocycles. The molecule has 0 bridgehead atoms. The maximum Gasteiger partial charge on any atom is 0.325 e. The molecule has 2 aromatic carbocycles. The minimum atomic E-state index is -0.571. The second-order valence-electron chi connectivity index (χ2n) is 7.18. The van der Waals surface area contributed by atoms with Gasteiger partial charge in [0.2, 0.25) is 5.91 Å². The molecule has 1 aliphatic rings. The molecule has 2 heterocycles. The van der Waals surface area contributed by atoms with Gasteiger partial charge in [-0.3, -0.25) is 23.9 Å². The second kappa shape index (κ2) is 8.88. The zero-order chi connectivity index (χ0) is 22.8. The summed E-state index contributed by atoms with van der Waals surface area (Å²) in [7, 11) is 4.40. The van der Waals surface area contributed by atoms with Crippen LogP contribution in [0.3, 0.4) is 0 Å². The highest BCUT2D eigenvalue weighted by molar-refractivity contribution is 7.10. The molecule has 32 heavy (non-hydrogen) atoms. The van der Waals surface area contributed by atoms with E-state index in [1.54, 1.807) is 38.5 Å². The van der Waals surface area contributed by atoms with Crippen molar-refractivity contribution >= 4 is 34.7 Å². The molecular weight excluding hydrogens is 432 g/mol. The summed E-state index contributed by atoms with van der Waals surface area (Å²) in [5.74, 6) is 0.601. The number of thiazole rings is 1. The standard InChI is InChI=1S/C23H22N2O6S/c1-29-16-9-7-15(8-10-16)25-19(26)12-18(14-5-4-6-17(11-14)30-2)21-22(25)24(23(28)32-21)13-20(27)31-3/h4-11,18H,12-13H2,1-3H3/t18-/m0/s1. The summed E-state index contributed by atoms with van der Waals surface area (Å²) in [5.41, 5.74) is 1.44. The van der Waals surface area contributed by atoms with Gasteiger partial charge in [-0.15, -0.1) is 0 Å². The zero-order valence-electron chi connectivity index (χ0n) is 17.9. The molecule has 4 rings (SSSR count). The predicted molar refractivity (Wildman–Crippen MR) is 120 cm³/mol. The predicted octanol–water partition coefficient (Wildman–Crippen LogP) is 3.30. The van der Waals surface area contributed by atoms with Gasteiger partial charge in [0.25, 0.3) is 0 Å². The number of nitrogens with zero attached hydrogens (tertiary/aromatic N) is 2. The van der Waals surface area contributed by atoms with E-state index in [1.165, 1.54) is 16.6 Å². The number of benzene rings is 2. The molecule has 0 radical (unpaired) electrons. The van der Waals surface area contributed by atoms with Gasteiger partial charge in [-0.1, -0.05) is 23.5 Å². The van der Waals surface area contributed by atoms with Crippen molar-refractivity contribution < 1.29 is 23.8 Å². The highest BCUT2D eigenvalue weighted by Crippen LogP contribution is 2.45. The second-order valence-corrected chi connectivity index (χ2v) is 8.17. The number of rotatable bonds is 6. The van der Waals surface area contributed by atoms with E-state index >= 15 is 0 Å². The Labute approximate surface area is 188 Å². The van der Waals surface area contributed by atoms with Crippen LogP contribution < -0.4 is 19.2 Å². The summed E-state index contributed by atoms with van der Waals surface area (Å²) >= 11 is 1.03. The monoisotopic (exact) mass is 454 g/mol. The summed E-state index contributed by atoms with van der Waals surface area (Å²) in [6.45, 7) is -0.286. The Morgan fingerprint density at radius 1 is 1.03 bits per heavy atom. The minimum Gasteiger partial charge on any atom is -0.497 e. The Hall–Kier alpha value is -3.59. The van der Waals surface area contributed by atoms with Gasteiger partial charge in [0.1, 0.15) is 23.9 Å². The number of aromatic nitrogens is 1. The molecule has 9 heteroatoms. The van der Waals surface area contributed by atoms with E-state index in [-0.39, 0.29) is 29.7 Å². The number of esters is 1. The topological polar surface area (TPSA) is 87.1 Å². The van der Waals surface area contributed by atoms with E-state index in [4.69, 9.17) is 14.2 Å². The fourth-order valence-corrected chi connectivity index (χ4v) is 4.91. The summed E-state index contributed by atoms with van der Waals surface area (Å²) in [6, 6.07) is 14.4. The summed E-state index contributed by atoms with van der Waals surface area (Å²) < 4.78 is 16.6. The molecule has 0 fully saturated rings. The average molecular weight is 455 g/mol. The molecule has 1 amide bonds. The number of ether oxygens (including phenoxy) is 3. The third-order valence-electron chi connectivity index (χ3n) is 5.39. The number of carbonyl (C=O) groups is 2. The number of methoxy groups -OCH3 is 3. The Kier molecular flexibility index (Phi) is 6.00. The smallest absolute Gasteiger partial charge is 0.325 e. The molecule has 166 valence electrons. The van der Waals surface area contributed by atoms with Crippen molar-refractivity contribution in [2.24, 2.45) is 0 Å². The summed E-state index contributed by atoms with van der Waals surface area (Å²) in [4.78, 5) is 40.3. The molecule has 0 saturated heterocycles. The van der Waals surface area contributed by atoms with Crippen LogP contribution in [-0.2, 0) is 20.9 Å². The van der Waals surface area contributed by atoms with Crippen molar-refractivity contribution in [2.45, 2.75) is 18.9 Å². The van der Waals surface area contributed by atoms with Crippen molar-refractivity contribution in [3.05, 3.63) is 68.6 Å². The molecule has 0 N–H and O–H groups in total. The quantitative estimate of drug-likeness (QED) is 0.531. The first-order valence-corrected chi connectivity index (χ1v) is 10.7. The van der Waals surface area contributed by atoms with Gasteiger partial charge in [0.15, 0.2) is 0 Å². The molecule has 0 unspecified atom stereocenters. The Morgan fingerprint density at radius 3 is 2.41 bits per heavy atom. The maximum absolute atomic E-state index is 13.4. The number of hydrogen-bond donors (Lipinski definition) is 0. The van der Waals surface area contributed by atoms with Crippen LogP contribution in [0.4, 0.5) is 11.5 Å². The van der Waals surface area contributed by atoms with Crippen molar-refractivity contribution in [2.75, 3.05) is 26.2 Å². The summed E-state index contributed by atoms with van der Waals surface area (Å²) in [6.07, 6.45) is 0.171. The van der Waals surface area contributed by atoms with Gasteiger partial charge in [-0.25, -0.2) is 0 Å². The number of amides is 1. The van der Waals surface area contributed by atoms with Gasteiger partial charge < -0.3 is 14.2 Å². The normalized spacial score (nSPS) is 15.3. The van der Waals surface area contributed by atoms with Gasteiger partial charge in [0, 0.05) is 12.3 Å². The fraction of sp³-hybridized carbons (Fsp3) is 0.261. The van der Waals surface area contributed by atoms with E-state index in [2.05, 4.69) is 0 Å². The minimum absolute atomic E-state index is 0.171. The lowest BCUT2D eigenvalue weighted by molar-refractivity contribution is -0.141. The Balaban J connectivity index is 1.89. The van der Waals surface area contributed by atoms with Crippen molar-refractivity contribution in [3.63, 3.8) is 0 Å². The van der Waals surface area contributed by atoms with Crippen molar-refractivity contribution in [1.29, 1.82) is 0 Å². The fourth-order valence-electron chi connectivity index (χ4n) is 3.81. The first-order valence-electron chi connectivity index (χ1n) is 9.88. The van der Waals surface area contributed by atoms with Crippen LogP contribution in [0, 0.1) is 0 Å². The van der Waals surface area contributed by atoms with Crippen molar-refractivity contribution in [1.82, 2.24) is 4.57 Å². The lowest BCUT2D eigenvalue weighted by Gasteiger charge is -2.32. The Morgan fingerprint density at radius 2 is 1.75 bits per heavy atom. The van der Waals surface area contributed by atoms with Gasteiger partial charge in [-0.05, 0) is 42.0 Å². The number of hydrogen-bond acceptors (Lipinski definition) is 7. The average Bonchev–Trinajstić information content (AvgIpc) is 3.14. The van der Waals surface area contributed by atoms with Crippen LogP contribution in [0.5, 0.6) is 11.5 Å². The SMILES string of the molecule is COC(=O)Cn1c2c(sc1=O)[C@H](c1cccc(OC)c1)CC(=O)N2c1ccc(OC)cc1. The van der Waals surface area contributed by atoms with Gasteiger partial charge in [-0.2, -0.15) is 0 Å². The van der Waals surface area contributed by atoms with E-state index in [0.29, 0.717) is 27.9 Å². The number of fused-ring (bicyclic) bond motifs is 1. The van der Waals surface area contributed by atoms with Crippen LogP contribution in [-0.4, -0.2) is 37.8 Å². The van der Waals surface area contributed by atoms with E-state index < -0.39 is 5.97 Å². The zero-order valence-corrected chi connectivity index (χ0v) is 18.7.